The highest BCUT2D eigenvalue weighted by atomic mass is 16.5. The molecule has 0 bridgehead atoms. The molecular formula is C30H40O5. The van der Waals surface area contributed by atoms with E-state index >= 15 is 0 Å². The summed E-state index contributed by atoms with van der Waals surface area (Å²) < 4.78 is 5.18. The van der Waals surface area contributed by atoms with E-state index in [1.54, 1.807) is 6.08 Å². The average Bonchev–Trinajstić information content (AvgIpc) is 2.81. The molecule has 0 saturated heterocycles. The van der Waals surface area contributed by atoms with E-state index in [0.717, 1.165) is 36.8 Å². The van der Waals surface area contributed by atoms with Gasteiger partial charge in [-0.1, -0.05) is 45.4 Å². The largest absolute Gasteiger partial charge is 0.504 e. The number of allylic oxidation sites excluding steroid dienone is 7. The van der Waals surface area contributed by atoms with E-state index in [1.807, 2.05) is 13.8 Å². The molecule has 5 aliphatic rings. The number of methoxy groups -OCH3 is 1. The third kappa shape index (κ3) is 2.85. The van der Waals surface area contributed by atoms with E-state index in [2.05, 4.69) is 39.8 Å². The predicted molar refractivity (Wildman–Crippen MR) is 134 cm³/mol. The van der Waals surface area contributed by atoms with Crippen LogP contribution >= 0.6 is 0 Å². The first-order chi connectivity index (χ1) is 16.2. The fraction of sp³-hybridized carbons (Fsp3) is 0.667. The van der Waals surface area contributed by atoms with Gasteiger partial charge in [0, 0.05) is 11.0 Å². The number of hydrogen-bond acceptors (Lipinski definition) is 5. The predicted octanol–water partition coefficient (Wildman–Crippen LogP) is 5.76. The first-order valence-corrected chi connectivity index (χ1v) is 13.0. The van der Waals surface area contributed by atoms with Gasteiger partial charge < -0.3 is 14.9 Å². The number of carbonyl (C=O) groups excluding carboxylic acids is 2. The summed E-state index contributed by atoms with van der Waals surface area (Å²) in [4.78, 5) is 25.5. The number of fused-ring (bicyclic) bond motifs is 7. The van der Waals surface area contributed by atoms with Crippen molar-refractivity contribution >= 4 is 11.8 Å². The van der Waals surface area contributed by atoms with Gasteiger partial charge in [-0.05, 0) is 91.8 Å². The Balaban J connectivity index is 1.64. The van der Waals surface area contributed by atoms with Crippen molar-refractivity contribution in [2.24, 2.45) is 33.0 Å². The zero-order valence-corrected chi connectivity index (χ0v) is 22.2. The van der Waals surface area contributed by atoms with Gasteiger partial charge in [0.1, 0.15) is 0 Å². The second kappa shape index (κ2) is 7.21. The van der Waals surface area contributed by atoms with Gasteiger partial charge in [0.2, 0.25) is 5.78 Å². The van der Waals surface area contributed by atoms with Crippen LogP contribution < -0.4 is 0 Å². The lowest BCUT2D eigenvalue weighted by atomic mass is 9.34. The summed E-state index contributed by atoms with van der Waals surface area (Å²) >= 11 is 0. The molecule has 0 aromatic rings. The third-order valence-electron chi connectivity index (χ3n) is 11.6. The van der Waals surface area contributed by atoms with E-state index in [1.165, 1.54) is 12.7 Å². The Morgan fingerprint density at radius 2 is 1.71 bits per heavy atom. The highest BCUT2D eigenvalue weighted by Gasteiger charge is 2.68. The number of ketones is 1. The molecule has 2 N–H and O–H groups in total. The number of rotatable bonds is 1. The number of aliphatic hydroxyl groups is 2. The summed E-state index contributed by atoms with van der Waals surface area (Å²) in [6.45, 7) is 13.1. The van der Waals surface area contributed by atoms with Crippen molar-refractivity contribution in [3.63, 3.8) is 0 Å². The highest BCUT2D eigenvalue weighted by Crippen LogP contribution is 2.75. The maximum Gasteiger partial charge on any atom is 0.314 e. The summed E-state index contributed by atoms with van der Waals surface area (Å²) in [6, 6.07) is 0. The summed E-state index contributed by atoms with van der Waals surface area (Å²) in [5, 5.41) is 21.4. The molecule has 0 heterocycles. The average molecular weight is 481 g/mol. The molecule has 0 amide bonds. The number of aliphatic hydroxyl groups excluding tert-OH is 2. The minimum absolute atomic E-state index is 0.0453. The minimum Gasteiger partial charge on any atom is -0.504 e. The smallest absolute Gasteiger partial charge is 0.314 e. The van der Waals surface area contributed by atoms with Crippen molar-refractivity contribution in [2.45, 2.75) is 86.2 Å². The van der Waals surface area contributed by atoms with Crippen LogP contribution in [-0.4, -0.2) is 35.2 Å². The van der Waals surface area contributed by atoms with Crippen molar-refractivity contribution in [2.75, 3.05) is 7.11 Å². The second-order valence-corrected chi connectivity index (χ2v) is 13.2. The molecule has 7 atom stereocenters. The normalized spacial score (nSPS) is 46.9. The van der Waals surface area contributed by atoms with Gasteiger partial charge >= 0.3 is 5.97 Å². The first-order valence-electron chi connectivity index (χ1n) is 13.0. The molecule has 0 radical (unpaired) electrons. The maximum absolute atomic E-state index is 12.9. The Morgan fingerprint density at radius 1 is 1.03 bits per heavy atom. The minimum atomic E-state index is -0.910. The Hall–Kier alpha value is -2.14. The molecule has 190 valence electrons. The quantitative estimate of drug-likeness (QED) is 0.467. The van der Waals surface area contributed by atoms with Crippen molar-refractivity contribution in [1.82, 2.24) is 0 Å². The zero-order valence-electron chi connectivity index (χ0n) is 22.2. The molecule has 3 fully saturated rings. The number of hydrogen-bond donors (Lipinski definition) is 2. The van der Waals surface area contributed by atoms with Gasteiger partial charge in [0.05, 0.1) is 18.6 Å². The van der Waals surface area contributed by atoms with Crippen LogP contribution in [0.25, 0.3) is 0 Å². The van der Waals surface area contributed by atoms with Gasteiger partial charge in [-0.15, -0.1) is 0 Å². The summed E-state index contributed by atoms with van der Waals surface area (Å²) in [5.41, 5.74) is 2.61. The van der Waals surface area contributed by atoms with Crippen LogP contribution in [0.5, 0.6) is 0 Å². The van der Waals surface area contributed by atoms with E-state index in [9.17, 15) is 19.8 Å². The molecule has 7 unspecified atom stereocenters. The molecular weight excluding hydrogens is 440 g/mol. The van der Waals surface area contributed by atoms with E-state index in [-0.39, 0.29) is 45.1 Å². The second-order valence-electron chi connectivity index (χ2n) is 13.2. The van der Waals surface area contributed by atoms with Gasteiger partial charge in [0.15, 0.2) is 5.76 Å². The zero-order chi connectivity index (χ0) is 25.8. The summed E-state index contributed by atoms with van der Waals surface area (Å²) in [6.07, 6.45) is 10.4. The van der Waals surface area contributed by atoms with Crippen LogP contribution in [0, 0.1) is 33.0 Å². The van der Waals surface area contributed by atoms with Crippen molar-refractivity contribution in [1.29, 1.82) is 0 Å². The van der Waals surface area contributed by atoms with Crippen LogP contribution in [0.3, 0.4) is 0 Å². The lowest BCUT2D eigenvalue weighted by Crippen LogP contribution is -2.64. The topological polar surface area (TPSA) is 83.8 Å². The van der Waals surface area contributed by atoms with Crippen LogP contribution in [0.4, 0.5) is 0 Å². The standard InChI is InChI=1S/C30H40O5/c1-17-18-8-9-21-27(3,19(18)14-20(31)24(17)33)11-13-30(6)22-15-28(4,25(34)35-7)23(32)16-26(22,2)10-12-29(21,30)5/h8-9,14,22-23,32-33H,10-13,15-16H2,1-7H3. The Morgan fingerprint density at radius 3 is 2.37 bits per heavy atom. The van der Waals surface area contributed by atoms with E-state index < -0.39 is 11.5 Å². The fourth-order valence-electron chi connectivity index (χ4n) is 8.97. The molecule has 0 aromatic carbocycles. The lowest BCUT2D eigenvalue weighted by molar-refractivity contribution is -0.203. The van der Waals surface area contributed by atoms with Gasteiger partial charge in [0.25, 0.3) is 0 Å². The SMILES string of the molecule is COC(=O)C1(C)CC2C(C)(CCC3(C)C4=CC=C5C(=CC(=O)C(O)=C5C)C4(C)CCC23C)CC1O. The van der Waals surface area contributed by atoms with Crippen LogP contribution in [-0.2, 0) is 14.3 Å². The number of ether oxygens (including phenoxy) is 1. The molecule has 0 spiro atoms. The van der Waals surface area contributed by atoms with E-state index in [4.69, 9.17) is 4.74 Å². The van der Waals surface area contributed by atoms with Gasteiger partial charge in [-0.3, -0.25) is 9.59 Å². The summed E-state index contributed by atoms with van der Waals surface area (Å²) in [5.74, 6) is -0.517. The molecule has 0 aromatic heterocycles. The van der Waals surface area contributed by atoms with Crippen molar-refractivity contribution < 1.29 is 24.5 Å². The van der Waals surface area contributed by atoms with Crippen molar-refractivity contribution in [3.8, 4) is 0 Å². The van der Waals surface area contributed by atoms with Crippen LogP contribution in [0.2, 0.25) is 0 Å². The molecule has 5 heteroatoms. The third-order valence-corrected chi connectivity index (χ3v) is 11.6. The Kier molecular flexibility index (Phi) is 5.06. The monoisotopic (exact) mass is 480 g/mol. The van der Waals surface area contributed by atoms with Gasteiger partial charge in [-0.25, -0.2) is 0 Å². The maximum atomic E-state index is 12.9. The molecule has 3 saturated carbocycles. The number of esters is 1. The lowest BCUT2D eigenvalue weighted by Gasteiger charge is -2.70. The van der Waals surface area contributed by atoms with Crippen LogP contribution in [0.1, 0.15) is 80.1 Å². The molecule has 5 rings (SSSR count). The molecule has 0 aliphatic heterocycles. The molecule has 5 aliphatic carbocycles. The first kappa shape index (κ1) is 24.5. The number of carbonyl (C=O) groups is 2. The molecule has 5 nitrogen and oxygen atoms in total. The summed E-state index contributed by atoms with van der Waals surface area (Å²) in [7, 11) is 1.41. The highest BCUT2D eigenvalue weighted by molar-refractivity contribution is 6.06. The fourth-order valence-corrected chi connectivity index (χ4v) is 8.97. The van der Waals surface area contributed by atoms with Crippen LogP contribution in [0.15, 0.2) is 46.3 Å². The molecule has 35 heavy (non-hydrogen) atoms. The van der Waals surface area contributed by atoms with E-state index in [0.29, 0.717) is 18.4 Å². The van der Waals surface area contributed by atoms with Crippen molar-refractivity contribution in [3.05, 3.63) is 46.3 Å². The Labute approximate surface area is 209 Å². The van der Waals surface area contributed by atoms with Gasteiger partial charge in [-0.2, -0.15) is 0 Å². The Bertz CT molecular complexity index is 1160.